The summed E-state index contributed by atoms with van der Waals surface area (Å²) in [6, 6.07) is 8.14. The number of benzene rings is 2. The SMILES string of the molecule is O=C(O)c1c(O)c(O)cc2nc3ccccc3nc12. The first-order valence-corrected chi connectivity index (χ1v) is 5.42. The van der Waals surface area contributed by atoms with Crippen molar-refractivity contribution in [2.24, 2.45) is 0 Å². The van der Waals surface area contributed by atoms with E-state index < -0.39 is 23.0 Å². The van der Waals surface area contributed by atoms with Crippen LogP contribution in [-0.4, -0.2) is 31.3 Å². The van der Waals surface area contributed by atoms with Gasteiger partial charge in [-0.05, 0) is 12.1 Å². The fraction of sp³-hybridized carbons (Fsp3) is 0. The lowest BCUT2D eigenvalue weighted by Gasteiger charge is -2.07. The minimum atomic E-state index is -1.37. The van der Waals surface area contributed by atoms with Crippen LogP contribution in [0.4, 0.5) is 0 Å². The number of carboxylic acid groups (broad SMARTS) is 1. The summed E-state index contributed by atoms with van der Waals surface area (Å²) < 4.78 is 0. The van der Waals surface area contributed by atoms with Gasteiger partial charge in [0, 0.05) is 6.07 Å². The summed E-state index contributed by atoms with van der Waals surface area (Å²) in [6.45, 7) is 0. The highest BCUT2D eigenvalue weighted by molar-refractivity contribution is 6.06. The minimum Gasteiger partial charge on any atom is -0.504 e. The van der Waals surface area contributed by atoms with Crippen LogP contribution in [0.15, 0.2) is 30.3 Å². The van der Waals surface area contributed by atoms with Gasteiger partial charge in [0.05, 0.1) is 16.6 Å². The first kappa shape index (κ1) is 11.2. The molecule has 0 saturated carbocycles. The van der Waals surface area contributed by atoms with Crippen LogP contribution < -0.4 is 0 Å². The molecule has 19 heavy (non-hydrogen) atoms. The minimum absolute atomic E-state index is 0.0431. The van der Waals surface area contributed by atoms with Crippen molar-refractivity contribution in [3.8, 4) is 11.5 Å². The lowest BCUT2D eigenvalue weighted by atomic mass is 10.1. The van der Waals surface area contributed by atoms with Crippen molar-refractivity contribution in [2.75, 3.05) is 0 Å². The predicted molar refractivity (Wildman–Crippen MR) is 67.3 cm³/mol. The Bertz CT molecular complexity index is 830. The largest absolute Gasteiger partial charge is 0.504 e. The van der Waals surface area contributed by atoms with Gasteiger partial charge >= 0.3 is 5.97 Å². The van der Waals surface area contributed by atoms with Gasteiger partial charge < -0.3 is 15.3 Å². The molecule has 94 valence electrons. The van der Waals surface area contributed by atoms with Gasteiger partial charge in [0.2, 0.25) is 0 Å². The number of aromatic nitrogens is 2. The van der Waals surface area contributed by atoms with Crippen molar-refractivity contribution in [3.63, 3.8) is 0 Å². The smallest absolute Gasteiger partial charge is 0.341 e. The van der Waals surface area contributed by atoms with Crippen molar-refractivity contribution in [1.82, 2.24) is 9.97 Å². The monoisotopic (exact) mass is 256 g/mol. The van der Waals surface area contributed by atoms with Gasteiger partial charge in [0.25, 0.3) is 0 Å². The molecule has 2 aromatic carbocycles. The molecule has 1 aromatic heterocycles. The van der Waals surface area contributed by atoms with Crippen LogP contribution in [0.3, 0.4) is 0 Å². The standard InChI is InChI=1S/C13H8N2O4/c16-9-5-8-11(10(12(9)17)13(18)19)15-7-4-2-1-3-6(7)14-8/h1-5,16-17H,(H,18,19). The molecular weight excluding hydrogens is 248 g/mol. The van der Waals surface area contributed by atoms with E-state index in [9.17, 15) is 15.0 Å². The van der Waals surface area contributed by atoms with E-state index in [1.807, 2.05) is 0 Å². The maximum absolute atomic E-state index is 11.2. The van der Waals surface area contributed by atoms with Gasteiger partial charge in [-0.2, -0.15) is 0 Å². The Labute approximate surface area is 106 Å². The Morgan fingerprint density at radius 2 is 1.63 bits per heavy atom. The van der Waals surface area contributed by atoms with Crippen LogP contribution in [0.2, 0.25) is 0 Å². The predicted octanol–water partition coefficient (Wildman–Crippen LogP) is 1.89. The molecule has 0 fully saturated rings. The number of carboxylic acids is 1. The molecule has 6 heteroatoms. The number of fused-ring (bicyclic) bond motifs is 2. The molecule has 0 bridgehead atoms. The van der Waals surface area contributed by atoms with Crippen molar-refractivity contribution in [1.29, 1.82) is 0 Å². The number of carbonyl (C=O) groups is 1. The highest BCUT2D eigenvalue weighted by Gasteiger charge is 2.20. The third kappa shape index (κ3) is 1.61. The van der Waals surface area contributed by atoms with E-state index in [4.69, 9.17) is 5.11 Å². The summed E-state index contributed by atoms with van der Waals surface area (Å²) in [7, 11) is 0. The number of phenolic OH excluding ortho intramolecular Hbond substituents is 1. The Balaban J connectivity index is 2.53. The molecule has 0 saturated heterocycles. The molecule has 3 aromatic rings. The van der Waals surface area contributed by atoms with Crippen LogP contribution in [0.1, 0.15) is 10.4 Å². The molecule has 0 aliphatic carbocycles. The van der Waals surface area contributed by atoms with Gasteiger partial charge in [-0.15, -0.1) is 0 Å². The van der Waals surface area contributed by atoms with Crippen LogP contribution in [-0.2, 0) is 0 Å². The average molecular weight is 256 g/mol. The summed E-state index contributed by atoms with van der Waals surface area (Å²) in [5, 5.41) is 28.3. The van der Waals surface area contributed by atoms with E-state index >= 15 is 0 Å². The topological polar surface area (TPSA) is 104 Å². The number of hydrogen-bond acceptors (Lipinski definition) is 5. The van der Waals surface area contributed by atoms with Gasteiger partial charge in [-0.3, -0.25) is 0 Å². The first-order chi connectivity index (χ1) is 9.08. The van der Waals surface area contributed by atoms with Crippen molar-refractivity contribution in [3.05, 3.63) is 35.9 Å². The number of nitrogens with zero attached hydrogens (tertiary/aromatic N) is 2. The summed E-state index contributed by atoms with van der Waals surface area (Å²) in [4.78, 5) is 19.6. The van der Waals surface area contributed by atoms with Crippen molar-refractivity contribution < 1.29 is 20.1 Å². The Morgan fingerprint density at radius 3 is 2.26 bits per heavy atom. The molecule has 0 amide bonds. The summed E-state index contributed by atoms with van der Waals surface area (Å²) in [5.74, 6) is -2.61. The maximum Gasteiger partial charge on any atom is 0.341 e. The zero-order valence-electron chi connectivity index (χ0n) is 9.53. The van der Waals surface area contributed by atoms with Gasteiger partial charge in [0.1, 0.15) is 11.1 Å². The highest BCUT2D eigenvalue weighted by Crippen LogP contribution is 2.34. The van der Waals surface area contributed by atoms with Crippen LogP contribution >= 0.6 is 0 Å². The zero-order chi connectivity index (χ0) is 13.6. The molecule has 0 unspecified atom stereocenters. The molecule has 3 N–H and O–H groups in total. The van der Waals surface area contributed by atoms with Crippen molar-refractivity contribution >= 4 is 28.0 Å². The van der Waals surface area contributed by atoms with Crippen molar-refractivity contribution in [2.45, 2.75) is 0 Å². The normalized spacial score (nSPS) is 10.9. The fourth-order valence-corrected chi connectivity index (χ4v) is 1.94. The van der Waals surface area contributed by atoms with Gasteiger partial charge in [-0.1, -0.05) is 12.1 Å². The molecule has 6 nitrogen and oxygen atoms in total. The van der Waals surface area contributed by atoms with Crippen LogP contribution in [0.25, 0.3) is 22.1 Å². The number of hydrogen-bond donors (Lipinski definition) is 3. The zero-order valence-corrected chi connectivity index (χ0v) is 9.53. The van der Waals surface area contributed by atoms with E-state index in [-0.39, 0.29) is 11.0 Å². The van der Waals surface area contributed by atoms with Crippen LogP contribution in [0, 0.1) is 0 Å². The lowest BCUT2D eigenvalue weighted by Crippen LogP contribution is -2.01. The Morgan fingerprint density at radius 1 is 1.00 bits per heavy atom. The fourth-order valence-electron chi connectivity index (χ4n) is 1.94. The van der Waals surface area contributed by atoms with E-state index in [0.717, 1.165) is 0 Å². The molecule has 0 aliphatic heterocycles. The second-order valence-corrected chi connectivity index (χ2v) is 4.00. The Hall–Kier alpha value is -2.89. The maximum atomic E-state index is 11.2. The van der Waals surface area contributed by atoms with Crippen LogP contribution in [0.5, 0.6) is 11.5 Å². The third-order valence-corrected chi connectivity index (χ3v) is 2.80. The molecule has 0 aliphatic rings. The Kier molecular flexibility index (Phi) is 2.25. The number of para-hydroxylation sites is 2. The molecule has 0 spiro atoms. The second kappa shape index (κ2) is 3.81. The molecular formula is C13H8N2O4. The molecule has 0 atom stereocenters. The third-order valence-electron chi connectivity index (χ3n) is 2.80. The van der Waals surface area contributed by atoms with Gasteiger partial charge in [-0.25, -0.2) is 14.8 Å². The summed E-state index contributed by atoms with van der Waals surface area (Å²) >= 11 is 0. The number of aromatic hydroxyl groups is 2. The number of phenols is 2. The van der Waals surface area contributed by atoms with E-state index in [2.05, 4.69) is 9.97 Å². The van der Waals surface area contributed by atoms with E-state index in [0.29, 0.717) is 11.0 Å². The first-order valence-electron chi connectivity index (χ1n) is 5.42. The molecule has 3 rings (SSSR count). The quantitative estimate of drug-likeness (QED) is 0.453. The number of rotatable bonds is 1. The second-order valence-electron chi connectivity index (χ2n) is 4.00. The summed E-state index contributed by atoms with van der Waals surface area (Å²) in [6.07, 6.45) is 0. The highest BCUT2D eigenvalue weighted by atomic mass is 16.4. The van der Waals surface area contributed by atoms with E-state index in [1.54, 1.807) is 24.3 Å². The molecule has 0 radical (unpaired) electrons. The van der Waals surface area contributed by atoms with Gasteiger partial charge in [0.15, 0.2) is 11.5 Å². The average Bonchev–Trinajstić information content (AvgIpc) is 2.37. The van der Waals surface area contributed by atoms with E-state index in [1.165, 1.54) is 6.07 Å². The molecule has 1 heterocycles. The number of aromatic carboxylic acids is 1. The lowest BCUT2D eigenvalue weighted by molar-refractivity contribution is 0.0695. The summed E-state index contributed by atoms with van der Waals surface area (Å²) in [5.41, 5.74) is 0.903.